The minimum absolute atomic E-state index is 0.0140. The molecule has 2 amide bonds. The number of rotatable bonds is 2. The van der Waals surface area contributed by atoms with Crippen molar-refractivity contribution in [3.63, 3.8) is 0 Å². The highest BCUT2D eigenvalue weighted by molar-refractivity contribution is 5.95. The lowest BCUT2D eigenvalue weighted by Gasteiger charge is -2.48. The van der Waals surface area contributed by atoms with Crippen LogP contribution in [0.1, 0.15) is 60.1 Å². The van der Waals surface area contributed by atoms with Crippen molar-refractivity contribution in [3.8, 4) is 5.75 Å². The maximum atomic E-state index is 13.7. The molecule has 156 valence electrons. The Bertz CT molecular complexity index is 1010. The number of halogens is 1. The second-order valence-electron chi connectivity index (χ2n) is 8.72. The molecule has 2 saturated heterocycles. The second-order valence-corrected chi connectivity index (χ2v) is 8.72. The zero-order valence-electron chi connectivity index (χ0n) is 17.0. The third-order valence-corrected chi connectivity index (χ3v) is 6.63. The number of benzene rings is 2. The Morgan fingerprint density at radius 1 is 1.20 bits per heavy atom. The summed E-state index contributed by atoms with van der Waals surface area (Å²) in [7, 11) is 0. The number of carbonyl (C=O) groups is 2. The predicted octanol–water partition coefficient (Wildman–Crippen LogP) is 3.78. The summed E-state index contributed by atoms with van der Waals surface area (Å²) in [4.78, 5) is 27.7. The fraction of sp³-hybridized carbons (Fsp3) is 0.417. The third-order valence-electron chi connectivity index (χ3n) is 6.63. The highest BCUT2D eigenvalue weighted by atomic mass is 19.1. The lowest BCUT2D eigenvalue weighted by molar-refractivity contribution is -0.120. The first kappa shape index (κ1) is 19.1. The SMILES string of the molecule is C[C@H]1Cc2cc(C(=O)N3CCC[C@]4(CCC(=O)N4)[C@H]3c3ccc(F)cc3)ccc2O1. The van der Waals surface area contributed by atoms with Crippen LogP contribution in [0.2, 0.25) is 0 Å². The van der Waals surface area contributed by atoms with Crippen molar-refractivity contribution in [1.29, 1.82) is 0 Å². The molecular weight excluding hydrogens is 383 g/mol. The molecule has 0 aromatic heterocycles. The van der Waals surface area contributed by atoms with Gasteiger partial charge in [-0.3, -0.25) is 9.59 Å². The Kier molecular flexibility index (Phi) is 4.53. The molecule has 3 aliphatic rings. The minimum atomic E-state index is -0.503. The van der Waals surface area contributed by atoms with Gasteiger partial charge in [0.25, 0.3) is 5.91 Å². The molecule has 2 fully saturated rings. The van der Waals surface area contributed by atoms with Gasteiger partial charge in [-0.15, -0.1) is 0 Å². The van der Waals surface area contributed by atoms with Crippen LogP contribution in [0, 0.1) is 5.82 Å². The zero-order chi connectivity index (χ0) is 20.9. The van der Waals surface area contributed by atoms with Crippen molar-refractivity contribution in [2.45, 2.75) is 56.7 Å². The van der Waals surface area contributed by atoms with E-state index in [0.29, 0.717) is 24.9 Å². The summed E-state index contributed by atoms with van der Waals surface area (Å²) in [5.74, 6) is 0.476. The summed E-state index contributed by atoms with van der Waals surface area (Å²) in [5, 5.41) is 3.17. The van der Waals surface area contributed by atoms with Crippen LogP contribution in [-0.2, 0) is 11.2 Å². The van der Waals surface area contributed by atoms with Gasteiger partial charge in [0, 0.05) is 24.9 Å². The molecule has 5 nitrogen and oxygen atoms in total. The van der Waals surface area contributed by atoms with Gasteiger partial charge in [0.05, 0.1) is 11.6 Å². The van der Waals surface area contributed by atoms with E-state index < -0.39 is 5.54 Å². The van der Waals surface area contributed by atoms with Crippen LogP contribution in [0.15, 0.2) is 42.5 Å². The first-order valence-electron chi connectivity index (χ1n) is 10.6. The summed E-state index contributed by atoms with van der Waals surface area (Å²) < 4.78 is 19.4. The van der Waals surface area contributed by atoms with Crippen LogP contribution in [-0.4, -0.2) is 34.9 Å². The van der Waals surface area contributed by atoms with Gasteiger partial charge in [0.15, 0.2) is 0 Å². The van der Waals surface area contributed by atoms with Gasteiger partial charge in [-0.1, -0.05) is 12.1 Å². The smallest absolute Gasteiger partial charge is 0.254 e. The maximum Gasteiger partial charge on any atom is 0.254 e. The van der Waals surface area contributed by atoms with Crippen LogP contribution in [0.5, 0.6) is 5.75 Å². The molecule has 0 aliphatic carbocycles. The first-order valence-corrected chi connectivity index (χ1v) is 10.6. The van der Waals surface area contributed by atoms with Crippen molar-refractivity contribution in [1.82, 2.24) is 10.2 Å². The van der Waals surface area contributed by atoms with E-state index in [1.54, 1.807) is 12.1 Å². The molecule has 5 rings (SSSR count). The van der Waals surface area contributed by atoms with Gasteiger partial charge in [0.2, 0.25) is 5.91 Å². The molecule has 0 unspecified atom stereocenters. The third kappa shape index (κ3) is 3.15. The summed E-state index contributed by atoms with van der Waals surface area (Å²) in [5.41, 5.74) is 2.02. The van der Waals surface area contributed by atoms with Gasteiger partial charge in [-0.25, -0.2) is 4.39 Å². The van der Waals surface area contributed by atoms with Crippen molar-refractivity contribution >= 4 is 11.8 Å². The van der Waals surface area contributed by atoms with Crippen LogP contribution in [0.4, 0.5) is 4.39 Å². The van der Waals surface area contributed by atoms with Crippen molar-refractivity contribution in [2.75, 3.05) is 6.54 Å². The Balaban J connectivity index is 1.53. The van der Waals surface area contributed by atoms with Crippen LogP contribution >= 0.6 is 0 Å². The molecule has 0 radical (unpaired) electrons. The van der Waals surface area contributed by atoms with Gasteiger partial charge in [0.1, 0.15) is 17.7 Å². The quantitative estimate of drug-likeness (QED) is 0.823. The summed E-state index contributed by atoms with van der Waals surface area (Å²) >= 11 is 0. The summed E-state index contributed by atoms with van der Waals surface area (Å²) in [6, 6.07) is 11.6. The van der Waals surface area contributed by atoms with Gasteiger partial charge < -0.3 is 15.0 Å². The van der Waals surface area contributed by atoms with Crippen LogP contribution in [0.3, 0.4) is 0 Å². The Morgan fingerprint density at radius 2 is 2.00 bits per heavy atom. The maximum absolute atomic E-state index is 13.7. The number of fused-ring (bicyclic) bond motifs is 1. The first-order chi connectivity index (χ1) is 14.4. The topological polar surface area (TPSA) is 58.6 Å². The zero-order valence-corrected chi connectivity index (χ0v) is 17.0. The molecule has 3 aliphatic heterocycles. The van der Waals surface area contributed by atoms with Gasteiger partial charge in [-0.2, -0.15) is 0 Å². The molecule has 3 atom stereocenters. The van der Waals surface area contributed by atoms with Gasteiger partial charge in [-0.05, 0) is 67.6 Å². The number of nitrogens with zero attached hydrogens (tertiary/aromatic N) is 1. The lowest BCUT2D eigenvalue weighted by Crippen LogP contribution is -2.58. The molecule has 0 bridgehead atoms. The lowest BCUT2D eigenvalue weighted by atomic mass is 9.76. The Labute approximate surface area is 175 Å². The predicted molar refractivity (Wildman–Crippen MR) is 110 cm³/mol. The van der Waals surface area contributed by atoms with E-state index in [1.165, 1.54) is 12.1 Å². The number of nitrogens with one attached hydrogen (secondary N) is 1. The summed E-state index contributed by atoms with van der Waals surface area (Å²) in [6.45, 7) is 2.62. The number of ether oxygens (including phenoxy) is 1. The van der Waals surface area contributed by atoms with Crippen molar-refractivity contribution in [2.24, 2.45) is 0 Å². The minimum Gasteiger partial charge on any atom is -0.490 e. The molecule has 3 heterocycles. The van der Waals surface area contributed by atoms with Gasteiger partial charge >= 0.3 is 0 Å². The van der Waals surface area contributed by atoms with E-state index in [9.17, 15) is 14.0 Å². The number of likely N-dealkylation sites (tertiary alicyclic amines) is 1. The molecular formula is C24H25FN2O3. The van der Waals surface area contributed by atoms with E-state index in [0.717, 1.165) is 36.1 Å². The summed E-state index contributed by atoms with van der Waals surface area (Å²) in [6.07, 6.45) is 3.65. The van der Waals surface area contributed by atoms with Crippen LogP contribution in [0.25, 0.3) is 0 Å². The molecule has 6 heteroatoms. The standard InChI is InChI=1S/C24H25FN2O3/c1-15-13-18-14-17(5-8-20(18)30-15)23(29)27-12-2-10-24(11-9-21(28)26-24)22(27)16-3-6-19(25)7-4-16/h3-8,14-15,22H,2,9-13H2,1H3,(H,26,28)/t15-,22+,24-/m0/s1. The molecule has 0 saturated carbocycles. The molecule has 2 aromatic rings. The Morgan fingerprint density at radius 3 is 2.73 bits per heavy atom. The molecule has 1 N–H and O–H groups in total. The largest absolute Gasteiger partial charge is 0.490 e. The second kappa shape index (κ2) is 7.11. The highest BCUT2D eigenvalue weighted by Crippen LogP contribution is 2.45. The number of piperidine rings is 1. The average Bonchev–Trinajstić information content (AvgIpc) is 3.29. The van der Waals surface area contributed by atoms with E-state index in [-0.39, 0.29) is 29.8 Å². The van der Waals surface area contributed by atoms with E-state index in [1.807, 2.05) is 30.0 Å². The molecule has 2 aromatic carbocycles. The van der Waals surface area contributed by atoms with Crippen molar-refractivity contribution < 1.29 is 18.7 Å². The number of amides is 2. The average molecular weight is 408 g/mol. The molecule has 30 heavy (non-hydrogen) atoms. The monoisotopic (exact) mass is 408 g/mol. The number of hydrogen-bond donors (Lipinski definition) is 1. The van der Waals surface area contributed by atoms with Crippen molar-refractivity contribution in [3.05, 3.63) is 65.0 Å². The normalized spacial score (nSPS) is 27.7. The van der Waals surface area contributed by atoms with E-state index in [2.05, 4.69) is 5.32 Å². The fourth-order valence-corrected chi connectivity index (χ4v) is 5.34. The number of hydrogen-bond acceptors (Lipinski definition) is 3. The van der Waals surface area contributed by atoms with E-state index >= 15 is 0 Å². The highest BCUT2D eigenvalue weighted by Gasteiger charge is 2.50. The van der Waals surface area contributed by atoms with E-state index in [4.69, 9.17) is 4.74 Å². The Hall–Kier alpha value is -2.89. The van der Waals surface area contributed by atoms with Crippen LogP contribution < -0.4 is 10.1 Å². The number of carbonyl (C=O) groups excluding carboxylic acids is 2. The fourth-order valence-electron chi connectivity index (χ4n) is 5.34. The molecule has 1 spiro atoms.